The van der Waals surface area contributed by atoms with Crippen LogP contribution in [0.25, 0.3) is 0 Å². The van der Waals surface area contributed by atoms with Crippen LogP contribution in [0.5, 0.6) is 0 Å². The topological polar surface area (TPSA) is 98.8 Å². The summed E-state index contributed by atoms with van der Waals surface area (Å²) < 4.78 is 27.6. The number of nitrogens with one attached hydrogen (secondary N) is 2. The average molecular weight is 451 g/mol. The zero-order valence-electron chi connectivity index (χ0n) is 18.5. The van der Waals surface area contributed by atoms with Crippen molar-refractivity contribution in [3.05, 3.63) is 29.8 Å². The van der Waals surface area contributed by atoms with Crippen LogP contribution in [0.1, 0.15) is 31.2 Å². The van der Waals surface area contributed by atoms with Gasteiger partial charge in [-0.25, -0.2) is 13.1 Å². The van der Waals surface area contributed by atoms with Gasteiger partial charge in [-0.1, -0.05) is 17.7 Å². The highest BCUT2D eigenvalue weighted by Crippen LogP contribution is 2.28. The molecule has 172 valence electrons. The maximum Gasteiger partial charge on any atom is 0.242 e. The van der Waals surface area contributed by atoms with Gasteiger partial charge in [0.25, 0.3) is 0 Å². The molecule has 0 bridgehead atoms. The average Bonchev–Trinajstić information content (AvgIpc) is 2.77. The van der Waals surface area contributed by atoms with Crippen LogP contribution >= 0.6 is 0 Å². The highest BCUT2D eigenvalue weighted by atomic mass is 32.2. The first kappa shape index (κ1) is 23.7. The molecule has 3 rings (SSSR count). The van der Waals surface area contributed by atoms with Gasteiger partial charge in [0.15, 0.2) is 0 Å². The van der Waals surface area contributed by atoms with E-state index < -0.39 is 10.0 Å². The number of carbonyl (C=O) groups excluding carboxylic acids is 2. The number of likely N-dealkylation sites (N-methyl/N-ethyl adjacent to an activating group) is 1. The van der Waals surface area contributed by atoms with Crippen molar-refractivity contribution in [1.29, 1.82) is 0 Å². The van der Waals surface area contributed by atoms with Gasteiger partial charge in [-0.2, -0.15) is 0 Å². The van der Waals surface area contributed by atoms with Crippen LogP contribution in [0.2, 0.25) is 0 Å². The Morgan fingerprint density at radius 3 is 2.23 bits per heavy atom. The van der Waals surface area contributed by atoms with E-state index in [1.54, 1.807) is 29.2 Å². The molecule has 0 radical (unpaired) electrons. The number of benzene rings is 1. The minimum absolute atomic E-state index is 0.0272. The summed E-state index contributed by atoms with van der Waals surface area (Å²) in [6, 6.07) is 6.80. The van der Waals surface area contributed by atoms with Crippen molar-refractivity contribution in [1.82, 2.24) is 19.8 Å². The van der Waals surface area contributed by atoms with Gasteiger partial charge in [-0.15, -0.1) is 0 Å². The molecule has 1 aliphatic heterocycles. The van der Waals surface area contributed by atoms with Crippen molar-refractivity contribution in [2.45, 2.75) is 37.5 Å². The second kappa shape index (κ2) is 10.6. The Balaban J connectivity index is 1.37. The fraction of sp³-hybridized carbons (Fsp3) is 0.636. The number of rotatable bonds is 7. The Hall–Kier alpha value is -1.97. The number of carbonyl (C=O) groups is 2. The van der Waals surface area contributed by atoms with Crippen LogP contribution in [-0.2, 0) is 19.6 Å². The maximum absolute atomic E-state index is 12.5. The first-order valence-electron chi connectivity index (χ1n) is 11.0. The summed E-state index contributed by atoms with van der Waals surface area (Å²) in [6.45, 7) is 5.48. The molecule has 1 aromatic carbocycles. The van der Waals surface area contributed by atoms with E-state index in [2.05, 4.69) is 14.9 Å². The third kappa shape index (κ3) is 6.75. The molecule has 2 amide bonds. The molecule has 2 N–H and O–H groups in total. The molecule has 31 heavy (non-hydrogen) atoms. The molecule has 1 heterocycles. The van der Waals surface area contributed by atoms with E-state index in [0.29, 0.717) is 32.5 Å². The standard InChI is InChI=1S/C22H34N4O4S/c1-17-3-9-20(10-4-17)31(29,30)24-15-18-5-7-19(8-6-18)22(28)23-16-21(27)26-13-11-25(2)12-14-26/h3-4,9-10,18-19,24H,5-8,11-16H2,1-2H3,(H,23,28). The Labute approximate surface area is 185 Å². The van der Waals surface area contributed by atoms with Gasteiger partial charge in [0.1, 0.15) is 0 Å². The summed E-state index contributed by atoms with van der Waals surface area (Å²) in [5.74, 6) is 0.0169. The Morgan fingerprint density at radius 1 is 1.00 bits per heavy atom. The smallest absolute Gasteiger partial charge is 0.242 e. The summed E-state index contributed by atoms with van der Waals surface area (Å²) in [4.78, 5) is 29.0. The van der Waals surface area contributed by atoms with Gasteiger partial charge in [0.05, 0.1) is 11.4 Å². The van der Waals surface area contributed by atoms with Crippen LogP contribution in [0, 0.1) is 18.8 Å². The lowest BCUT2D eigenvalue weighted by Gasteiger charge is -2.32. The van der Waals surface area contributed by atoms with E-state index in [1.807, 2.05) is 14.0 Å². The maximum atomic E-state index is 12.5. The molecule has 0 spiro atoms. The molecule has 0 unspecified atom stereocenters. The fourth-order valence-electron chi connectivity index (χ4n) is 4.13. The summed E-state index contributed by atoms with van der Waals surface area (Å²) in [7, 11) is -1.48. The Morgan fingerprint density at radius 2 is 1.61 bits per heavy atom. The zero-order valence-corrected chi connectivity index (χ0v) is 19.3. The van der Waals surface area contributed by atoms with E-state index in [4.69, 9.17) is 0 Å². The van der Waals surface area contributed by atoms with Crippen molar-refractivity contribution >= 4 is 21.8 Å². The minimum atomic E-state index is -3.51. The van der Waals surface area contributed by atoms with E-state index in [-0.39, 0.29) is 35.1 Å². The second-order valence-electron chi connectivity index (χ2n) is 8.78. The minimum Gasteiger partial charge on any atom is -0.347 e. The summed E-state index contributed by atoms with van der Waals surface area (Å²) in [5, 5.41) is 2.80. The molecule has 1 saturated heterocycles. The van der Waals surface area contributed by atoms with Gasteiger partial charge in [0.2, 0.25) is 21.8 Å². The van der Waals surface area contributed by atoms with Crippen LogP contribution < -0.4 is 10.0 Å². The van der Waals surface area contributed by atoms with E-state index in [9.17, 15) is 18.0 Å². The van der Waals surface area contributed by atoms with Crippen LogP contribution in [0.15, 0.2) is 29.2 Å². The second-order valence-corrected chi connectivity index (χ2v) is 10.6. The molecule has 1 aliphatic carbocycles. The van der Waals surface area contributed by atoms with Gasteiger partial charge < -0.3 is 15.1 Å². The molecule has 0 aromatic heterocycles. The van der Waals surface area contributed by atoms with Gasteiger partial charge >= 0.3 is 0 Å². The molecular weight excluding hydrogens is 416 g/mol. The largest absolute Gasteiger partial charge is 0.347 e. The van der Waals surface area contributed by atoms with E-state index in [1.165, 1.54) is 0 Å². The van der Waals surface area contributed by atoms with Crippen LogP contribution in [0.4, 0.5) is 0 Å². The Bertz CT molecular complexity index is 856. The van der Waals surface area contributed by atoms with Crippen molar-refractivity contribution < 1.29 is 18.0 Å². The molecule has 9 heteroatoms. The Kier molecular flexibility index (Phi) is 8.07. The van der Waals surface area contributed by atoms with Crippen molar-refractivity contribution in [2.24, 2.45) is 11.8 Å². The van der Waals surface area contributed by atoms with Gasteiger partial charge in [-0.3, -0.25) is 9.59 Å². The predicted octanol–water partition coefficient (Wildman–Crippen LogP) is 0.970. The van der Waals surface area contributed by atoms with Gasteiger partial charge in [-0.05, 0) is 57.7 Å². The third-order valence-corrected chi connectivity index (χ3v) is 7.82. The SMILES string of the molecule is Cc1ccc(S(=O)(=O)NCC2CCC(C(=O)NCC(=O)N3CCN(C)CC3)CC2)cc1. The summed E-state index contributed by atoms with van der Waals surface area (Å²) in [6.07, 6.45) is 3.01. The molecule has 2 aliphatic rings. The predicted molar refractivity (Wildman–Crippen MR) is 119 cm³/mol. The lowest BCUT2D eigenvalue weighted by molar-refractivity contribution is -0.135. The third-order valence-electron chi connectivity index (χ3n) is 6.38. The van der Waals surface area contributed by atoms with Crippen LogP contribution in [0.3, 0.4) is 0 Å². The van der Waals surface area contributed by atoms with Crippen LogP contribution in [-0.4, -0.2) is 76.3 Å². The highest BCUT2D eigenvalue weighted by Gasteiger charge is 2.28. The number of aryl methyl sites for hydroxylation is 1. The lowest BCUT2D eigenvalue weighted by Crippen LogP contribution is -2.50. The molecule has 2 fully saturated rings. The zero-order chi connectivity index (χ0) is 22.4. The summed E-state index contributed by atoms with van der Waals surface area (Å²) >= 11 is 0. The normalized spacial score (nSPS) is 22.8. The quantitative estimate of drug-likeness (QED) is 0.645. The number of hydrogen-bond acceptors (Lipinski definition) is 5. The molecule has 0 atom stereocenters. The highest BCUT2D eigenvalue weighted by molar-refractivity contribution is 7.89. The molecule has 8 nitrogen and oxygen atoms in total. The van der Waals surface area contributed by atoms with E-state index >= 15 is 0 Å². The molecular formula is C22H34N4O4S. The number of nitrogens with zero attached hydrogens (tertiary/aromatic N) is 2. The van der Waals surface area contributed by atoms with Crippen molar-refractivity contribution in [3.63, 3.8) is 0 Å². The lowest BCUT2D eigenvalue weighted by atomic mass is 9.81. The monoisotopic (exact) mass is 450 g/mol. The number of piperazine rings is 1. The van der Waals surface area contributed by atoms with Gasteiger partial charge in [0, 0.05) is 38.6 Å². The summed E-state index contributed by atoms with van der Waals surface area (Å²) in [5.41, 5.74) is 1.01. The number of amides is 2. The molecule has 1 saturated carbocycles. The van der Waals surface area contributed by atoms with E-state index in [0.717, 1.165) is 31.5 Å². The number of hydrogen-bond donors (Lipinski definition) is 2. The number of sulfonamides is 1. The fourth-order valence-corrected chi connectivity index (χ4v) is 5.25. The van der Waals surface area contributed by atoms with Crippen molar-refractivity contribution in [2.75, 3.05) is 46.3 Å². The molecule has 1 aromatic rings. The first-order valence-corrected chi connectivity index (χ1v) is 12.5. The van der Waals surface area contributed by atoms with Crippen molar-refractivity contribution in [3.8, 4) is 0 Å². The first-order chi connectivity index (χ1) is 14.7.